The van der Waals surface area contributed by atoms with Crippen LogP contribution in [0.5, 0.6) is 0 Å². The summed E-state index contributed by atoms with van der Waals surface area (Å²) in [6.45, 7) is 0. The minimum Gasteiger partial charge on any atom is -0.479 e. The summed E-state index contributed by atoms with van der Waals surface area (Å²) in [4.78, 5) is 25.8. The number of carboxylic acid groups (broad SMARTS) is 1. The number of hydrogen-bond acceptors (Lipinski definition) is 6. The molecule has 7 nitrogen and oxygen atoms in total. The van der Waals surface area contributed by atoms with Crippen LogP contribution in [0.3, 0.4) is 0 Å². The van der Waals surface area contributed by atoms with Crippen LogP contribution in [0.2, 0.25) is 0 Å². The van der Waals surface area contributed by atoms with E-state index in [1.54, 1.807) is 17.5 Å². The number of pyridine rings is 1. The molecule has 2 rings (SSSR count). The molecule has 1 atom stereocenters. The molecule has 8 heteroatoms. The number of anilines is 1. The number of nitro groups is 1. The summed E-state index contributed by atoms with van der Waals surface area (Å²) < 4.78 is 0. The first-order valence-electron chi connectivity index (χ1n) is 5.21. The third kappa shape index (κ3) is 2.86. The average molecular weight is 279 g/mol. The lowest BCUT2D eigenvalue weighted by Gasteiger charge is -2.13. The van der Waals surface area contributed by atoms with Crippen LogP contribution in [-0.4, -0.2) is 21.0 Å². The standard InChI is InChI=1S/C11H9N3O4S/c15-11(16)9(8-4-2-6-19-8)13-10-7(14(17)18)3-1-5-12-10/h1-6,9H,(H,12,13)(H,15,16). The number of aromatic nitrogens is 1. The zero-order valence-corrected chi connectivity index (χ0v) is 10.3. The smallest absolute Gasteiger partial charge is 0.331 e. The fraction of sp³-hybridized carbons (Fsp3) is 0.0909. The van der Waals surface area contributed by atoms with E-state index < -0.39 is 16.9 Å². The van der Waals surface area contributed by atoms with Crippen molar-refractivity contribution in [1.82, 2.24) is 4.98 Å². The van der Waals surface area contributed by atoms with E-state index in [1.807, 2.05) is 0 Å². The van der Waals surface area contributed by atoms with Crippen molar-refractivity contribution in [3.63, 3.8) is 0 Å². The van der Waals surface area contributed by atoms with Gasteiger partial charge in [0.1, 0.15) is 0 Å². The van der Waals surface area contributed by atoms with E-state index in [1.165, 1.54) is 29.7 Å². The van der Waals surface area contributed by atoms with Gasteiger partial charge < -0.3 is 10.4 Å². The molecule has 0 spiro atoms. The molecule has 0 aliphatic carbocycles. The molecule has 2 aromatic rings. The maximum absolute atomic E-state index is 11.2. The van der Waals surface area contributed by atoms with E-state index in [2.05, 4.69) is 10.3 Å². The SMILES string of the molecule is O=C(O)C(Nc1ncccc1[N+](=O)[O-])c1cccs1. The van der Waals surface area contributed by atoms with Crippen LogP contribution < -0.4 is 5.32 Å². The monoisotopic (exact) mass is 279 g/mol. The second kappa shape index (κ2) is 5.44. The van der Waals surface area contributed by atoms with Crippen molar-refractivity contribution in [2.75, 3.05) is 5.32 Å². The van der Waals surface area contributed by atoms with Crippen LogP contribution in [0, 0.1) is 10.1 Å². The fourth-order valence-electron chi connectivity index (χ4n) is 1.50. The molecule has 98 valence electrons. The van der Waals surface area contributed by atoms with Gasteiger partial charge in [-0.1, -0.05) is 6.07 Å². The molecule has 1 unspecified atom stereocenters. The van der Waals surface area contributed by atoms with E-state index in [-0.39, 0.29) is 11.5 Å². The lowest BCUT2D eigenvalue weighted by molar-refractivity contribution is -0.384. The molecule has 0 bridgehead atoms. The number of nitrogens with one attached hydrogen (secondary N) is 1. The lowest BCUT2D eigenvalue weighted by Crippen LogP contribution is -2.20. The van der Waals surface area contributed by atoms with Gasteiger partial charge in [-0.05, 0) is 17.5 Å². The molecule has 2 aromatic heterocycles. The Hall–Kier alpha value is -2.48. The van der Waals surface area contributed by atoms with Gasteiger partial charge >= 0.3 is 11.7 Å². The number of carboxylic acids is 1. The van der Waals surface area contributed by atoms with Gasteiger partial charge in [0, 0.05) is 17.1 Å². The molecule has 0 amide bonds. The summed E-state index contributed by atoms with van der Waals surface area (Å²) in [5, 5.41) is 24.3. The van der Waals surface area contributed by atoms with Crippen molar-refractivity contribution in [2.24, 2.45) is 0 Å². The molecule has 2 heterocycles. The van der Waals surface area contributed by atoms with Crippen LogP contribution >= 0.6 is 11.3 Å². The van der Waals surface area contributed by atoms with E-state index in [4.69, 9.17) is 0 Å². The summed E-state index contributed by atoms with van der Waals surface area (Å²) in [6, 6.07) is 4.98. The van der Waals surface area contributed by atoms with Gasteiger partial charge in [-0.2, -0.15) is 0 Å². The highest BCUT2D eigenvalue weighted by molar-refractivity contribution is 7.10. The molecule has 19 heavy (non-hydrogen) atoms. The summed E-state index contributed by atoms with van der Waals surface area (Å²) in [5.41, 5.74) is -0.259. The minimum absolute atomic E-state index is 0.0618. The largest absolute Gasteiger partial charge is 0.479 e. The number of hydrogen-bond donors (Lipinski definition) is 2. The number of rotatable bonds is 5. The first-order valence-corrected chi connectivity index (χ1v) is 6.09. The Balaban J connectivity index is 2.33. The van der Waals surface area contributed by atoms with Crippen molar-refractivity contribution in [3.05, 3.63) is 50.8 Å². The number of nitrogens with zero attached hydrogens (tertiary/aromatic N) is 2. The number of aliphatic carboxylic acids is 1. The third-order valence-corrected chi connectivity index (χ3v) is 3.28. The van der Waals surface area contributed by atoms with Gasteiger partial charge in [0.15, 0.2) is 6.04 Å². The first-order chi connectivity index (χ1) is 9.09. The zero-order valence-electron chi connectivity index (χ0n) is 9.52. The highest BCUT2D eigenvalue weighted by Crippen LogP contribution is 2.27. The summed E-state index contributed by atoms with van der Waals surface area (Å²) in [6.07, 6.45) is 1.36. The average Bonchev–Trinajstić information content (AvgIpc) is 2.89. The molecular weight excluding hydrogens is 270 g/mol. The topological polar surface area (TPSA) is 105 Å². The quantitative estimate of drug-likeness (QED) is 0.642. The number of carbonyl (C=O) groups is 1. The summed E-state index contributed by atoms with van der Waals surface area (Å²) >= 11 is 1.25. The maximum atomic E-state index is 11.2. The van der Waals surface area contributed by atoms with Crippen LogP contribution in [0.1, 0.15) is 10.9 Å². The van der Waals surface area contributed by atoms with Crippen LogP contribution in [0.15, 0.2) is 35.8 Å². The van der Waals surface area contributed by atoms with Gasteiger partial charge in [0.25, 0.3) is 0 Å². The highest BCUT2D eigenvalue weighted by atomic mass is 32.1. The summed E-state index contributed by atoms with van der Waals surface area (Å²) in [7, 11) is 0. The second-order valence-electron chi connectivity index (χ2n) is 3.56. The molecule has 0 aromatic carbocycles. The van der Waals surface area contributed by atoms with E-state index in [0.717, 1.165) is 0 Å². The Kier molecular flexibility index (Phi) is 3.71. The maximum Gasteiger partial charge on any atom is 0.331 e. The Morgan fingerprint density at radius 2 is 2.26 bits per heavy atom. The molecule has 0 radical (unpaired) electrons. The van der Waals surface area contributed by atoms with E-state index >= 15 is 0 Å². The molecule has 0 saturated heterocycles. The Bertz CT molecular complexity index is 600. The second-order valence-corrected chi connectivity index (χ2v) is 4.54. The van der Waals surface area contributed by atoms with Gasteiger partial charge in [0.2, 0.25) is 5.82 Å². The van der Waals surface area contributed by atoms with Crippen LogP contribution in [0.4, 0.5) is 11.5 Å². The van der Waals surface area contributed by atoms with Gasteiger partial charge in [-0.25, -0.2) is 9.78 Å². The molecule has 2 N–H and O–H groups in total. The van der Waals surface area contributed by atoms with Gasteiger partial charge in [-0.15, -0.1) is 11.3 Å². The Morgan fingerprint density at radius 1 is 1.47 bits per heavy atom. The molecule has 0 aliphatic heterocycles. The van der Waals surface area contributed by atoms with E-state index in [9.17, 15) is 20.0 Å². The molecule has 0 aliphatic rings. The zero-order chi connectivity index (χ0) is 13.8. The molecule has 0 fully saturated rings. The van der Waals surface area contributed by atoms with Crippen LogP contribution in [-0.2, 0) is 4.79 Å². The highest BCUT2D eigenvalue weighted by Gasteiger charge is 2.24. The third-order valence-electron chi connectivity index (χ3n) is 2.34. The lowest BCUT2D eigenvalue weighted by atomic mass is 10.2. The predicted octanol–water partition coefficient (Wildman–Crippen LogP) is 2.29. The van der Waals surface area contributed by atoms with Gasteiger partial charge in [0.05, 0.1) is 4.92 Å². The van der Waals surface area contributed by atoms with Crippen LogP contribution in [0.25, 0.3) is 0 Å². The molecular formula is C11H9N3O4S. The predicted molar refractivity (Wildman–Crippen MR) is 69.2 cm³/mol. The first kappa shape index (κ1) is 13.0. The molecule has 0 saturated carbocycles. The van der Waals surface area contributed by atoms with Crippen molar-refractivity contribution in [2.45, 2.75) is 6.04 Å². The number of thiophene rings is 1. The Morgan fingerprint density at radius 3 is 2.84 bits per heavy atom. The van der Waals surface area contributed by atoms with Crippen molar-refractivity contribution in [3.8, 4) is 0 Å². The van der Waals surface area contributed by atoms with Crippen molar-refractivity contribution < 1.29 is 14.8 Å². The van der Waals surface area contributed by atoms with Crippen molar-refractivity contribution in [1.29, 1.82) is 0 Å². The summed E-state index contributed by atoms with van der Waals surface area (Å²) in [5.74, 6) is -1.18. The van der Waals surface area contributed by atoms with E-state index in [0.29, 0.717) is 4.88 Å². The normalized spacial score (nSPS) is 11.8. The van der Waals surface area contributed by atoms with Crippen molar-refractivity contribution >= 4 is 28.8 Å². The van der Waals surface area contributed by atoms with Gasteiger partial charge in [-0.3, -0.25) is 10.1 Å². The minimum atomic E-state index is -1.12. The fourth-order valence-corrected chi connectivity index (χ4v) is 2.27. The Labute approximate surface area is 111 Å².